The zero-order valence-corrected chi connectivity index (χ0v) is 16.0. The van der Waals surface area contributed by atoms with Gasteiger partial charge in [0.2, 0.25) is 5.91 Å². The van der Waals surface area contributed by atoms with Crippen molar-refractivity contribution in [3.05, 3.63) is 58.6 Å². The van der Waals surface area contributed by atoms with Crippen LogP contribution in [0.1, 0.15) is 17.5 Å². The van der Waals surface area contributed by atoms with Crippen molar-refractivity contribution in [2.45, 2.75) is 18.7 Å². The number of amides is 1. The fourth-order valence-electron chi connectivity index (χ4n) is 2.24. The van der Waals surface area contributed by atoms with Crippen molar-refractivity contribution in [1.29, 1.82) is 0 Å². The molecule has 0 aliphatic rings. The second-order valence-electron chi connectivity index (χ2n) is 5.38. The molecule has 0 aliphatic carbocycles. The summed E-state index contributed by atoms with van der Waals surface area (Å²) >= 11 is 7.59. The van der Waals surface area contributed by atoms with Gasteiger partial charge in [0.05, 0.1) is 14.2 Å². The molecule has 2 aromatic carbocycles. The van der Waals surface area contributed by atoms with Crippen LogP contribution in [-0.4, -0.2) is 25.9 Å². The molecule has 2 aromatic rings. The molecule has 0 saturated heterocycles. The summed E-state index contributed by atoms with van der Waals surface area (Å²) in [4.78, 5) is 12.0. The highest BCUT2D eigenvalue weighted by molar-refractivity contribution is 7.98. The van der Waals surface area contributed by atoms with Crippen molar-refractivity contribution in [3.63, 3.8) is 0 Å². The predicted molar refractivity (Wildman–Crippen MR) is 104 cm³/mol. The molecule has 1 N–H and O–H groups in total. The van der Waals surface area contributed by atoms with Crippen LogP contribution >= 0.6 is 23.4 Å². The summed E-state index contributed by atoms with van der Waals surface area (Å²) < 4.78 is 10.5. The first-order valence-electron chi connectivity index (χ1n) is 7.92. The van der Waals surface area contributed by atoms with Gasteiger partial charge < -0.3 is 14.8 Å². The Labute approximate surface area is 157 Å². The molecular weight excluding hydrogens is 358 g/mol. The van der Waals surface area contributed by atoms with Gasteiger partial charge >= 0.3 is 0 Å². The molecule has 25 heavy (non-hydrogen) atoms. The van der Waals surface area contributed by atoms with E-state index in [-0.39, 0.29) is 5.91 Å². The lowest BCUT2D eigenvalue weighted by atomic mass is 10.2. The summed E-state index contributed by atoms with van der Waals surface area (Å²) in [6, 6.07) is 13.3. The van der Waals surface area contributed by atoms with Gasteiger partial charge in [-0.15, -0.1) is 0 Å². The average molecular weight is 380 g/mol. The highest BCUT2D eigenvalue weighted by atomic mass is 35.5. The number of rotatable bonds is 9. The topological polar surface area (TPSA) is 47.6 Å². The molecule has 134 valence electrons. The molecule has 0 aliphatic heterocycles. The van der Waals surface area contributed by atoms with E-state index in [1.165, 1.54) is 5.56 Å². The third kappa shape index (κ3) is 6.52. The van der Waals surface area contributed by atoms with Gasteiger partial charge in [-0.1, -0.05) is 23.7 Å². The van der Waals surface area contributed by atoms with E-state index >= 15 is 0 Å². The number of halogens is 1. The molecule has 1 amide bonds. The van der Waals surface area contributed by atoms with Crippen molar-refractivity contribution < 1.29 is 14.3 Å². The lowest BCUT2D eigenvalue weighted by Gasteiger charge is -2.11. The quantitative estimate of drug-likeness (QED) is 0.660. The standard InChI is InChI=1S/C19H22ClNO3S/c1-23-17-7-8-18(24-2)15(11-17)12-21-19(22)9-10-25-13-14-3-5-16(20)6-4-14/h3-8,11H,9-10,12-13H2,1-2H3,(H,21,22). The van der Waals surface area contributed by atoms with Gasteiger partial charge in [0.15, 0.2) is 0 Å². The molecule has 0 aromatic heterocycles. The number of benzene rings is 2. The van der Waals surface area contributed by atoms with Crippen LogP contribution < -0.4 is 14.8 Å². The highest BCUT2D eigenvalue weighted by Crippen LogP contribution is 2.23. The van der Waals surface area contributed by atoms with Gasteiger partial charge in [-0.05, 0) is 35.9 Å². The number of hydrogen-bond donors (Lipinski definition) is 1. The minimum Gasteiger partial charge on any atom is -0.497 e. The predicted octanol–water partition coefficient (Wildman–Crippen LogP) is 4.30. The Morgan fingerprint density at radius 2 is 1.88 bits per heavy atom. The van der Waals surface area contributed by atoms with E-state index in [0.717, 1.165) is 33.6 Å². The van der Waals surface area contributed by atoms with Crippen LogP contribution in [-0.2, 0) is 17.1 Å². The largest absolute Gasteiger partial charge is 0.497 e. The van der Waals surface area contributed by atoms with E-state index in [2.05, 4.69) is 5.32 Å². The molecular formula is C19H22ClNO3S. The second-order valence-corrected chi connectivity index (χ2v) is 6.93. The monoisotopic (exact) mass is 379 g/mol. The third-order valence-corrected chi connectivity index (χ3v) is 4.90. The minimum atomic E-state index is 0.0217. The van der Waals surface area contributed by atoms with Gasteiger partial charge in [0.25, 0.3) is 0 Å². The second kappa shape index (κ2) is 10.2. The minimum absolute atomic E-state index is 0.0217. The van der Waals surface area contributed by atoms with Crippen LogP contribution in [0.15, 0.2) is 42.5 Å². The molecule has 0 radical (unpaired) electrons. The van der Waals surface area contributed by atoms with E-state index in [1.54, 1.807) is 26.0 Å². The molecule has 0 bridgehead atoms. The van der Waals surface area contributed by atoms with Crippen LogP contribution in [0.4, 0.5) is 0 Å². The molecule has 0 unspecified atom stereocenters. The number of ether oxygens (including phenoxy) is 2. The number of carbonyl (C=O) groups excluding carboxylic acids is 1. The Morgan fingerprint density at radius 1 is 1.12 bits per heavy atom. The van der Waals surface area contributed by atoms with Crippen molar-refractivity contribution >= 4 is 29.3 Å². The molecule has 0 spiro atoms. The van der Waals surface area contributed by atoms with E-state index in [9.17, 15) is 4.79 Å². The first-order valence-corrected chi connectivity index (χ1v) is 9.45. The van der Waals surface area contributed by atoms with Crippen LogP contribution in [0.5, 0.6) is 11.5 Å². The first-order chi connectivity index (χ1) is 12.1. The zero-order valence-electron chi connectivity index (χ0n) is 14.4. The van der Waals surface area contributed by atoms with Gasteiger partial charge in [0, 0.05) is 35.1 Å². The van der Waals surface area contributed by atoms with Crippen LogP contribution in [0, 0.1) is 0 Å². The summed E-state index contributed by atoms with van der Waals surface area (Å²) in [5.41, 5.74) is 2.10. The van der Waals surface area contributed by atoms with Crippen molar-refractivity contribution in [2.24, 2.45) is 0 Å². The molecule has 0 fully saturated rings. The summed E-state index contributed by atoms with van der Waals surface area (Å²) in [5.74, 6) is 3.13. The van der Waals surface area contributed by atoms with E-state index in [1.807, 2.05) is 42.5 Å². The lowest BCUT2D eigenvalue weighted by molar-refractivity contribution is -0.120. The molecule has 0 heterocycles. The fraction of sp³-hybridized carbons (Fsp3) is 0.316. The SMILES string of the molecule is COc1ccc(OC)c(CNC(=O)CCSCc2ccc(Cl)cc2)c1. The van der Waals surface area contributed by atoms with Gasteiger partial charge in [-0.25, -0.2) is 0 Å². The zero-order chi connectivity index (χ0) is 18.1. The number of hydrogen-bond acceptors (Lipinski definition) is 4. The third-order valence-electron chi connectivity index (χ3n) is 3.62. The Bertz CT molecular complexity index is 692. The van der Waals surface area contributed by atoms with Crippen LogP contribution in [0.3, 0.4) is 0 Å². The Kier molecular flexibility index (Phi) is 7.95. The van der Waals surface area contributed by atoms with Crippen LogP contribution in [0.25, 0.3) is 0 Å². The summed E-state index contributed by atoms with van der Waals surface area (Å²) in [6.07, 6.45) is 0.477. The van der Waals surface area contributed by atoms with E-state index < -0.39 is 0 Å². The summed E-state index contributed by atoms with van der Waals surface area (Å²) in [6.45, 7) is 0.418. The molecule has 0 saturated carbocycles. The molecule has 6 heteroatoms. The van der Waals surface area contributed by atoms with E-state index in [0.29, 0.717) is 13.0 Å². The maximum Gasteiger partial charge on any atom is 0.221 e. The Balaban J connectivity index is 1.72. The number of methoxy groups -OCH3 is 2. The fourth-order valence-corrected chi connectivity index (χ4v) is 3.27. The Hall–Kier alpha value is -1.85. The molecule has 0 atom stereocenters. The number of carbonyl (C=O) groups is 1. The normalized spacial score (nSPS) is 10.4. The van der Waals surface area contributed by atoms with Crippen LogP contribution in [0.2, 0.25) is 5.02 Å². The lowest BCUT2D eigenvalue weighted by Crippen LogP contribution is -2.23. The number of thioether (sulfide) groups is 1. The molecule has 2 rings (SSSR count). The van der Waals surface area contributed by atoms with E-state index in [4.69, 9.17) is 21.1 Å². The smallest absolute Gasteiger partial charge is 0.221 e. The van der Waals surface area contributed by atoms with Gasteiger partial charge in [-0.3, -0.25) is 4.79 Å². The van der Waals surface area contributed by atoms with Crippen molar-refractivity contribution in [2.75, 3.05) is 20.0 Å². The Morgan fingerprint density at radius 3 is 2.56 bits per heavy atom. The van der Waals surface area contributed by atoms with Crippen molar-refractivity contribution in [3.8, 4) is 11.5 Å². The summed E-state index contributed by atoms with van der Waals surface area (Å²) in [5, 5.41) is 3.66. The molecule has 4 nitrogen and oxygen atoms in total. The van der Waals surface area contributed by atoms with Crippen molar-refractivity contribution in [1.82, 2.24) is 5.32 Å². The first kappa shape index (κ1) is 19.5. The highest BCUT2D eigenvalue weighted by Gasteiger charge is 2.07. The maximum absolute atomic E-state index is 12.0. The van der Waals surface area contributed by atoms with Gasteiger partial charge in [0.1, 0.15) is 11.5 Å². The maximum atomic E-state index is 12.0. The van der Waals surface area contributed by atoms with Gasteiger partial charge in [-0.2, -0.15) is 11.8 Å². The number of nitrogens with one attached hydrogen (secondary N) is 1. The average Bonchev–Trinajstić information content (AvgIpc) is 2.64. The summed E-state index contributed by atoms with van der Waals surface area (Å²) in [7, 11) is 3.22.